The molecule has 0 aliphatic carbocycles. The molecule has 2 aromatic carbocycles. The summed E-state index contributed by atoms with van der Waals surface area (Å²) in [6, 6.07) is 1.45. The summed E-state index contributed by atoms with van der Waals surface area (Å²) in [6.07, 6.45) is 0. The van der Waals surface area contributed by atoms with Crippen LogP contribution in [0.1, 0.15) is 38.9 Å². The van der Waals surface area contributed by atoms with Crippen LogP contribution in [0.15, 0.2) is 15.9 Å². The molecule has 2 aromatic rings. The van der Waals surface area contributed by atoms with Crippen LogP contribution in [0.4, 0.5) is 0 Å². The Kier molecular flexibility index (Phi) is 4.44. The van der Waals surface area contributed by atoms with Gasteiger partial charge >= 0.3 is 0 Å². The Bertz CT molecular complexity index is 925. The molecule has 0 amide bonds. The minimum Gasteiger partial charge on any atom is -0.508 e. The van der Waals surface area contributed by atoms with Crippen molar-refractivity contribution in [3.63, 3.8) is 0 Å². The predicted molar refractivity (Wildman–Crippen MR) is 94.8 cm³/mol. The highest BCUT2D eigenvalue weighted by atomic mass is 32.2. The first-order chi connectivity index (χ1) is 10.9. The standard InChI is InChI=1S/C19H24O4S/c1-9-8-16(20)12(4)15(7)18(9)24(22,23)19-14(6)11(3)10(2)13(5)17(19)21/h8,20-21H,1-7H3. The first-order valence-electron chi connectivity index (χ1n) is 7.77. The van der Waals surface area contributed by atoms with E-state index in [0.717, 1.165) is 11.1 Å². The Balaban J connectivity index is 2.97. The first kappa shape index (κ1) is 18.3. The van der Waals surface area contributed by atoms with E-state index in [1.165, 1.54) is 6.07 Å². The molecule has 130 valence electrons. The largest absolute Gasteiger partial charge is 0.508 e. The van der Waals surface area contributed by atoms with Gasteiger partial charge in [0.2, 0.25) is 9.84 Å². The average molecular weight is 348 g/mol. The van der Waals surface area contributed by atoms with E-state index >= 15 is 0 Å². The van der Waals surface area contributed by atoms with Crippen molar-refractivity contribution in [3.05, 3.63) is 45.0 Å². The van der Waals surface area contributed by atoms with Crippen LogP contribution < -0.4 is 0 Å². The van der Waals surface area contributed by atoms with Gasteiger partial charge in [-0.15, -0.1) is 0 Å². The molecule has 24 heavy (non-hydrogen) atoms. The molecule has 4 nitrogen and oxygen atoms in total. The van der Waals surface area contributed by atoms with Crippen LogP contribution in [0.5, 0.6) is 11.5 Å². The van der Waals surface area contributed by atoms with E-state index in [1.807, 2.05) is 13.8 Å². The molecule has 0 atom stereocenters. The fraction of sp³-hybridized carbons (Fsp3) is 0.368. The van der Waals surface area contributed by atoms with Gasteiger partial charge in [-0.05, 0) is 93.5 Å². The second kappa shape index (κ2) is 5.81. The molecule has 0 aromatic heterocycles. The minimum absolute atomic E-state index is 0.0422. The second-order valence-corrected chi connectivity index (χ2v) is 8.30. The van der Waals surface area contributed by atoms with Crippen LogP contribution in [0, 0.1) is 48.5 Å². The quantitative estimate of drug-likeness (QED) is 0.857. The maximum Gasteiger partial charge on any atom is 0.211 e. The van der Waals surface area contributed by atoms with Crippen LogP contribution in [-0.4, -0.2) is 18.6 Å². The lowest BCUT2D eigenvalue weighted by molar-refractivity contribution is 0.452. The van der Waals surface area contributed by atoms with Crippen LogP contribution >= 0.6 is 0 Å². The maximum atomic E-state index is 13.4. The summed E-state index contributed by atoms with van der Waals surface area (Å²) in [5.74, 6) is -0.124. The van der Waals surface area contributed by atoms with Crippen LogP contribution in [0.3, 0.4) is 0 Å². The number of rotatable bonds is 2. The van der Waals surface area contributed by atoms with Crippen molar-refractivity contribution in [2.45, 2.75) is 58.3 Å². The van der Waals surface area contributed by atoms with Crippen molar-refractivity contribution < 1.29 is 18.6 Å². The molecule has 0 bridgehead atoms. The zero-order valence-electron chi connectivity index (χ0n) is 15.2. The molecule has 0 fully saturated rings. The summed E-state index contributed by atoms with van der Waals surface area (Å²) < 4.78 is 26.7. The van der Waals surface area contributed by atoms with Crippen molar-refractivity contribution in [2.75, 3.05) is 0 Å². The number of aryl methyl sites for hydroxylation is 1. The van der Waals surface area contributed by atoms with Crippen LogP contribution in [0.2, 0.25) is 0 Å². The highest BCUT2D eigenvalue weighted by Gasteiger charge is 2.31. The van der Waals surface area contributed by atoms with Crippen molar-refractivity contribution in [1.29, 1.82) is 0 Å². The van der Waals surface area contributed by atoms with E-state index in [2.05, 4.69) is 0 Å². The molecule has 0 saturated carbocycles. The maximum absolute atomic E-state index is 13.4. The van der Waals surface area contributed by atoms with Gasteiger partial charge in [0.05, 0.1) is 4.90 Å². The molecule has 0 spiro atoms. The number of hydrogen-bond acceptors (Lipinski definition) is 4. The highest BCUT2D eigenvalue weighted by Crippen LogP contribution is 2.41. The zero-order valence-corrected chi connectivity index (χ0v) is 16.0. The van der Waals surface area contributed by atoms with Gasteiger partial charge in [0, 0.05) is 0 Å². The van der Waals surface area contributed by atoms with Gasteiger partial charge in [-0.1, -0.05) is 0 Å². The van der Waals surface area contributed by atoms with Gasteiger partial charge < -0.3 is 10.2 Å². The summed E-state index contributed by atoms with van der Waals surface area (Å²) in [7, 11) is -3.92. The monoisotopic (exact) mass is 348 g/mol. The number of aromatic hydroxyl groups is 2. The number of phenolic OH excluding ortho intramolecular Hbond substituents is 2. The third-order valence-electron chi connectivity index (χ3n) is 5.13. The molecule has 0 aliphatic heterocycles. The molecule has 2 N–H and O–H groups in total. The van der Waals surface area contributed by atoms with Gasteiger partial charge in [-0.2, -0.15) is 0 Å². The van der Waals surface area contributed by atoms with Crippen molar-refractivity contribution in [1.82, 2.24) is 0 Å². The van der Waals surface area contributed by atoms with E-state index in [9.17, 15) is 18.6 Å². The Labute approximate surface area is 143 Å². The molecule has 2 rings (SSSR count). The summed E-state index contributed by atoms with van der Waals surface area (Å²) in [6.45, 7) is 12.2. The Hall–Kier alpha value is -2.01. The second-order valence-electron chi connectivity index (χ2n) is 6.47. The molecular formula is C19H24O4S. The molecule has 0 radical (unpaired) electrons. The molecule has 0 heterocycles. The van der Waals surface area contributed by atoms with Crippen molar-refractivity contribution in [2.24, 2.45) is 0 Å². The lowest BCUT2D eigenvalue weighted by Gasteiger charge is -2.20. The van der Waals surface area contributed by atoms with Crippen molar-refractivity contribution in [3.8, 4) is 11.5 Å². The van der Waals surface area contributed by atoms with Gasteiger partial charge in [0.15, 0.2) is 0 Å². The van der Waals surface area contributed by atoms with Gasteiger partial charge in [0.1, 0.15) is 16.4 Å². The topological polar surface area (TPSA) is 74.6 Å². The Morgan fingerprint density at radius 3 is 1.67 bits per heavy atom. The van der Waals surface area contributed by atoms with E-state index in [-0.39, 0.29) is 21.3 Å². The van der Waals surface area contributed by atoms with Gasteiger partial charge in [0.25, 0.3) is 0 Å². The molecule has 0 unspecified atom stereocenters. The molecule has 5 heteroatoms. The summed E-state index contributed by atoms with van der Waals surface area (Å²) in [5.41, 5.74) is 4.36. The SMILES string of the molecule is Cc1cc(O)c(C)c(C)c1S(=O)(=O)c1c(C)c(C)c(C)c(C)c1O. The lowest BCUT2D eigenvalue weighted by Crippen LogP contribution is -2.11. The third kappa shape index (κ3) is 2.47. The number of sulfone groups is 1. The molecule has 0 aliphatic rings. The van der Waals surface area contributed by atoms with Crippen LogP contribution in [-0.2, 0) is 9.84 Å². The molecular weight excluding hydrogens is 324 g/mol. The smallest absolute Gasteiger partial charge is 0.211 e. The third-order valence-corrected chi connectivity index (χ3v) is 7.34. The van der Waals surface area contributed by atoms with Crippen molar-refractivity contribution >= 4 is 9.84 Å². The lowest BCUT2D eigenvalue weighted by atomic mass is 9.98. The average Bonchev–Trinajstić information content (AvgIpc) is 2.48. The van der Waals surface area contributed by atoms with E-state index in [0.29, 0.717) is 27.8 Å². The fourth-order valence-corrected chi connectivity index (χ4v) is 5.35. The Morgan fingerprint density at radius 1 is 0.667 bits per heavy atom. The van der Waals surface area contributed by atoms with E-state index in [1.54, 1.807) is 34.6 Å². The van der Waals surface area contributed by atoms with Gasteiger partial charge in [-0.3, -0.25) is 0 Å². The number of benzene rings is 2. The van der Waals surface area contributed by atoms with E-state index < -0.39 is 9.84 Å². The summed E-state index contributed by atoms with van der Waals surface area (Å²) >= 11 is 0. The fourth-order valence-electron chi connectivity index (χ4n) is 3.14. The van der Waals surface area contributed by atoms with Gasteiger partial charge in [-0.25, -0.2) is 8.42 Å². The Morgan fingerprint density at radius 2 is 1.12 bits per heavy atom. The minimum atomic E-state index is -3.92. The van der Waals surface area contributed by atoms with Crippen LogP contribution in [0.25, 0.3) is 0 Å². The first-order valence-corrected chi connectivity index (χ1v) is 9.25. The highest BCUT2D eigenvalue weighted by molar-refractivity contribution is 7.91. The number of hydrogen-bond donors (Lipinski definition) is 2. The normalized spacial score (nSPS) is 11.8. The predicted octanol–water partition coefficient (Wildman–Crippen LogP) is 4.09. The zero-order chi connectivity index (χ0) is 18.6. The van der Waals surface area contributed by atoms with E-state index in [4.69, 9.17) is 0 Å². The summed E-state index contributed by atoms with van der Waals surface area (Å²) in [5, 5.41) is 20.5. The summed E-state index contributed by atoms with van der Waals surface area (Å²) in [4.78, 5) is 0.109. The molecule has 0 saturated heterocycles. The number of phenols is 2.